The molecule has 0 atom stereocenters. The lowest BCUT2D eigenvalue weighted by atomic mass is 10.2. The molecule has 0 heterocycles. The molecule has 0 bridgehead atoms. The molecule has 0 aromatic heterocycles. The Balaban J connectivity index is 1.81. The second-order valence-electron chi connectivity index (χ2n) is 4.95. The van der Waals surface area contributed by atoms with E-state index in [0.717, 1.165) is 11.3 Å². The minimum absolute atomic E-state index is 0.198. The molecule has 0 saturated carbocycles. The summed E-state index contributed by atoms with van der Waals surface area (Å²) in [5.41, 5.74) is 3.51. The Morgan fingerprint density at radius 2 is 1.76 bits per heavy atom. The lowest BCUT2D eigenvalue weighted by molar-refractivity contribution is -0.120. The molecule has 130 valence electrons. The van der Waals surface area contributed by atoms with Gasteiger partial charge in [0.25, 0.3) is 11.8 Å². The molecule has 7 nitrogen and oxygen atoms in total. The van der Waals surface area contributed by atoms with Crippen LogP contribution in [0.25, 0.3) is 0 Å². The average molecular weight is 341 g/mol. The standard InChI is InChI=1S/C18H19N3O4/c1-24-14-9-7-13(8-10-14)11-20-21-17(22)12-19-18(23)15-5-3-4-6-16(15)25-2/h3-11H,12H2,1-2H3,(H,19,23)(H,21,22). The number of hydrazone groups is 1. The molecule has 25 heavy (non-hydrogen) atoms. The molecule has 0 aliphatic heterocycles. The predicted molar refractivity (Wildman–Crippen MR) is 94.1 cm³/mol. The molecule has 0 unspecified atom stereocenters. The molecule has 2 N–H and O–H groups in total. The number of benzene rings is 2. The molecule has 0 fully saturated rings. The van der Waals surface area contributed by atoms with Crippen LogP contribution in [-0.4, -0.2) is 38.8 Å². The molecule has 0 spiro atoms. The molecule has 0 aliphatic carbocycles. The number of carbonyl (C=O) groups excluding carboxylic acids is 2. The second kappa shape index (κ2) is 9.07. The maximum absolute atomic E-state index is 12.1. The third kappa shape index (κ3) is 5.35. The number of rotatable bonds is 7. The van der Waals surface area contributed by atoms with Crippen LogP contribution in [0.1, 0.15) is 15.9 Å². The van der Waals surface area contributed by atoms with Gasteiger partial charge in [0.2, 0.25) is 0 Å². The van der Waals surface area contributed by atoms with Crippen molar-refractivity contribution in [2.45, 2.75) is 0 Å². The van der Waals surface area contributed by atoms with Crippen molar-refractivity contribution < 1.29 is 19.1 Å². The van der Waals surface area contributed by atoms with E-state index < -0.39 is 11.8 Å². The zero-order chi connectivity index (χ0) is 18.1. The van der Waals surface area contributed by atoms with E-state index >= 15 is 0 Å². The van der Waals surface area contributed by atoms with Gasteiger partial charge in [0.05, 0.1) is 32.5 Å². The summed E-state index contributed by atoms with van der Waals surface area (Å²) in [5, 5.41) is 6.36. The van der Waals surface area contributed by atoms with Gasteiger partial charge in [0, 0.05) is 0 Å². The van der Waals surface area contributed by atoms with Crippen molar-refractivity contribution in [1.82, 2.24) is 10.7 Å². The van der Waals surface area contributed by atoms with Crippen molar-refractivity contribution >= 4 is 18.0 Å². The highest BCUT2D eigenvalue weighted by Gasteiger charge is 2.12. The molecule has 2 aromatic rings. The van der Waals surface area contributed by atoms with Crippen molar-refractivity contribution in [3.05, 3.63) is 59.7 Å². The number of ether oxygens (including phenoxy) is 2. The van der Waals surface area contributed by atoms with Crippen LogP contribution in [0.5, 0.6) is 11.5 Å². The Morgan fingerprint density at radius 3 is 2.44 bits per heavy atom. The minimum atomic E-state index is -0.437. The fourth-order valence-electron chi connectivity index (χ4n) is 2.00. The van der Waals surface area contributed by atoms with Crippen LogP contribution >= 0.6 is 0 Å². The SMILES string of the molecule is COc1ccc(C=NNC(=O)CNC(=O)c2ccccc2OC)cc1. The number of hydrogen-bond donors (Lipinski definition) is 2. The summed E-state index contributed by atoms with van der Waals surface area (Å²) in [6.07, 6.45) is 1.50. The number of nitrogens with zero attached hydrogens (tertiary/aromatic N) is 1. The first-order valence-corrected chi connectivity index (χ1v) is 7.51. The summed E-state index contributed by atoms with van der Waals surface area (Å²) in [5.74, 6) is 0.345. The summed E-state index contributed by atoms with van der Waals surface area (Å²) in [6, 6.07) is 14.0. The first kappa shape index (κ1) is 18.0. The van der Waals surface area contributed by atoms with E-state index in [1.807, 2.05) is 0 Å². The minimum Gasteiger partial charge on any atom is -0.497 e. The third-order valence-corrected chi connectivity index (χ3v) is 3.28. The van der Waals surface area contributed by atoms with Crippen LogP contribution < -0.4 is 20.2 Å². The average Bonchev–Trinajstić information content (AvgIpc) is 2.66. The van der Waals surface area contributed by atoms with E-state index in [1.165, 1.54) is 13.3 Å². The van der Waals surface area contributed by atoms with Crippen LogP contribution in [0.4, 0.5) is 0 Å². The van der Waals surface area contributed by atoms with Crippen LogP contribution in [-0.2, 0) is 4.79 Å². The molecular formula is C18H19N3O4. The summed E-state index contributed by atoms with van der Waals surface area (Å²) < 4.78 is 10.2. The van der Waals surface area contributed by atoms with Gasteiger partial charge in [0.15, 0.2) is 0 Å². The number of nitrogens with one attached hydrogen (secondary N) is 2. The molecule has 7 heteroatoms. The third-order valence-electron chi connectivity index (χ3n) is 3.28. The topological polar surface area (TPSA) is 89.0 Å². The van der Waals surface area contributed by atoms with Crippen LogP contribution in [0.2, 0.25) is 0 Å². The lowest BCUT2D eigenvalue weighted by Crippen LogP contribution is -2.35. The number of para-hydroxylation sites is 1. The van der Waals surface area contributed by atoms with Crippen molar-refractivity contribution in [2.24, 2.45) is 5.10 Å². The van der Waals surface area contributed by atoms with Crippen molar-refractivity contribution in [3.8, 4) is 11.5 Å². The van der Waals surface area contributed by atoms with Crippen molar-refractivity contribution in [3.63, 3.8) is 0 Å². The largest absolute Gasteiger partial charge is 0.497 e. The van der Waals surface area contributed by atoms with E-state index in [4.69, 9.17) is 9.47 Å². The maximum atomic E-state index is 12.1. The predicted octanol–water partition coefficient (Wildman–Crippen LogP) is 1.58. The highest BCUT2D eigenvalue weighted by Crippen LogP contribution is 2.16. The van der Waals surface area contributed by atoms with E-state index in [9.17, 15) is 9.59 Å². The summed E-state index contributed by atoms with van der Waals surface area (Å²) in [6.45, 7) is -0.198. The normalized spacial score (nSPS) is 10.3. The van der Waals surface area contributed by atoms with Gasteiger partial charge in [-0.25, -0.2) is 5.43 Å². The van der Waals surface area contributed by atoms with E-state index in [-0.39, 0.29) is 6.54 Å². The van der Waals surface area contributed by atoms with Crippen LogP contribution in [0, 0.1) is 0 Å². The van der Waals surface area contributed by atoms with Gasteiger partial charge < -0.3 is 14.8 Å². The Kier molecular flexibility index (Phi) is 6.53. The maximum Gasteiger partial charge on any atom is 0.259 e. The first-order chi connectivity index (χ1) is 12.1. The molecule has 0 aliphatic rings. The first-order valence-electron chi connectivity index (χ1n) is 7.51. The second-order valence-corrected chi connectivity index (χ2v) is 4.95. The highest BCUT2D eigenvalue weighted by atomic mass is 16.5. The Bertz CT molecular complexity index is 757. The fourth-order valence-corrected chi connectivity index (χ4v) is 2.00. The van der Waals surface area contributed by atoms with Crippen molar-refractivity contribution in [2.75, 3.05) is 20.8 Å². The quantitative estimate of drug-likeness (QED) is 0.591. The van der Waals surface area contributed by atoms with Gasteiger partial charge in [-0.05, 0) is 42.0 Å². The zero-order valence-corrected chi connectivity index (χ0v) is 14.0. The Morgan fingerprint density at radius 1 is 1.04 bits per heavy atom. The van der Waals surface area contributed by atoms with Gasteiger partial charge >= 0.3 is 0 Å². The molecular weight excluding hydrogens is 322 g/mol. The van der Waals surface area contributed by atoms with Crippen LogP contribution in [0.15, 0.2) is 53.6 Å². The number of carbonyl (C=O) groups is 2. The summed E-state index contributed by atoms with van der Waals surface area (Å²) in [7, 11) is 3.06. The van der Waals surface area contributed by atoms with Gasteiger partial charge in [-0.15, -0.1) is 0 Å². The van der Waals surface area contributed by atoms with E-state index in [0.29, 0.717) is 11.3 Å². The Hall–Kier alpha value is -3.35. The fraction of sp³-hybridized carbons (Fsp3) is 0.167. The highest BCUT2D eigenvalue weighted by molar-refractivity contribution is 5.98. The summed E-state index contributed by atoms with van der Waals surface area (Å²) in [4.78, 5) is 23.8. The molecule has 2 rings (SSSR count). The zero-order valence-electron chi connectivity index (χ0n) is 14.0. The van der Waals surface area contributed by atoms with Gasteiger partial charge in [-0.3, -0.25) is 9.59 Å². The van der Waals surface area contributed by atoms with E-state index in [1.54, 1.807) is 55.6 Å². The Labute approximate surface area is 145 Å². The number of methoxy groups -OCH3 is 2. The van der Waals surface area contributed by atoms with Crippen molar-refractivity contribution in [1.29, 1.82) is 0 Å². The monoisotopic (exact) mass is 341 g/mol. The molecule has 2 amide bonds. The van der Waals surface area contributed by atoms with Gasteiger partial charge in [-0.2, -0.15) is 5.10 Å². The lowest BCUT2D eigenvalue weighted by Gasteiger charge is -2.08. The van der Waals surface area contributed by atoms with Gasteiger partial charge in [-0.1, -0.05) is 12.1 Å². The van der Waals surface area contributed by atoms with E-state index in [2.05, 4.69) is 15.8 Å². The molecule has 2 aromatic carbocycles. The molecule has 0 radical (unpaired) electrons. The summed E-state index contributed by atoms with van der Waals surface area (Å²) >= 11 is 0. The molecule has 0 saturated heterocycles. The van der Waals surface area contributed by atoms with Crippen LogP contribution in [0.3, 0.4) is 0 Å². The smallest absolute Gasteiger partial charge is 0.259 e. The number of amides is 2. The number of hydrogen-bond acceptors (Lipinski definition) is 5. The van der Waals surface area contributed by atoms with Gasteiger partial charge in [0.1, 0.15) is 11.5 Å².